The monoisotopic (exact) mass is 256 g/mol. The second-order valence-corrected chi connectivity index (χ2v) is 4.77. The fourth-order valence-electron chi connectivity index (χ4n) is 1.13. The van der Waals surface area contributed by atoms with Crippen LogP contribution in [-0.4, -0.2) is 27.7 Å². The van der Waals surface area contributed by atoms with Gasteiger partial charge in [0.2, 0.25) is 0 Å². The molecule has 0 aliphatic heterocycles. The highest BCUT2D eigenvalue weighted by Gasteiger charge is 2.20. The van der Waals surface area contributed by atoms with Crippen molar-refractivity contribution >= 4 is 10.4 Å². The molecule has 0 saturated heterocycles. The van der Waals surface area contributed by atoms with Crippen LogP contribution in [0, 0.1) is 5.92 Å². The van der Waals surface area contributed by atoms with Crippen molar-refractivity contribution in [1.29, 1.82) is 0 Å². The van der Waals surface area contributed by atoms with E-state index < -0.39 is 10.4 Å². The first-order valence-electron chi connectivity index (χ1n) is 5.20. The maximum absolute atomic E-state index is 11.2. The van der Waals surface area contributed by atoms with Crippen LogP contribution in [0.1, 0.15) is 33.6 Å². The Kier molecular flexibility index (Phi) is 10.1. The largest absolute Gasteiger partial charge is 0.400 e. The fraction of sp³-hybridized carbons (Fsp3) is 1.00. The van der Waals surface area contributed by atoms with Crippen LogP contribution < -0.4 is 11.9 Å². The van der Waals surface area contributed by atoms with Gasteiger partial charge in [-0.3, -0.25) is 0 Å². The zero-order chi connectivity index (χ0) is 11.9. The first kappa shape index (κ1) is 18.2. The van der Waals surface area contributed by atoms with E-state index in [0.29, 0.717) is 6.54 Å². The van der Waals surface area contributed by atoms with E-state index in [1.807, 2.05) is 6.92 Å². The summed E-state index contributed by atoms with van der Waals surface area (Å²) in [7, 11) is -3.83. The van der Waals surface area contributed by atoms with Crippen LogP contribution in [0.5, 0.6) is 0 Å². The molecule has 0 rings (SSSR count). The molecule has 0 heterocycles. The average molecular weight is 256 g/mol. The molecule has 0 amide bonds. The van der Waals surface area contributed by atoms with E-state index in [-0.39, 0.29) is 24.8 Å². The van der Waals surface area contributed by atoms with Crippen molar-refractivity contribution in [3.05, 3.63) is 0 Å². The molecular formula is C9H24N2O4S. The lowest BCUT2D eigenvalue weighted by atomic mass is 10.0. The van der Waals surface area contributed by atoms with Gasteiger partial charge in [-0.05, 0) is 39.2 Å². The molecule has 7 heteroatoms. The molecule has 0 radical (unpaired) electrons. The molecule has 2 unspecified atom stereocenters. The smallest absolute Gasteiger partial charge is 0.344 e. The molecule has 0 bridgehead atoms. The fourth-order valence-corrected chi connectivity index (χ4v) is 2.03. The van der Waals surface area contributed by atoms with E-state index in [2.05, 4.69) is 4.18 Å². The highest BCUT2D eigenvalue weighted by Crippen LogP contribution is 2.15. The van der Waals surface area contributed by atoms with Gasteiger partial charge in [0, 0.05) is 0 Å². The third-order valence-corrected chi connectivity index (χ3v) is 3.26. The van der Waals surface area contributed by atoms with Gasteiger partial charge in [0.1, 0.15) is 0 Å². The predicted molar refractivity (Wildman–Crippen MR) is 63.6 cm³/mol. The van der Waals surface area contributed by atoms with Gasteiger partial charge in [0.25, 0.3) is 0 Å². The topological polar surface area (TPSA) is 114 Å². The lowest BCUT2D eigenvalue weighted by molar-refractivity contribution is 0.126. The normalized spacial score (nSPS) is 15.2. The van der Waals surface area contributed by atoms with E-state index >= 15 is 0 Å². The van der Waals surface area contributed by atoms with Gasteiger partial charge in [0.15, 0.2) is 0 Å². The molecule has 0 aliphatic rings. The highest BCUT2D eigenvalue weighted by atomic mass is 32.3. The summed E-state index contributed by atoms with van der Waals surface area (Å²) in [4.78, 5) is 0. The second-order valence-electron chi connectivity index (χ2n) is 3.52. The molecule has 0 aromatic rings. The van der Waals surface area contributed by atoms with Gasteiger partial charge < -0.3 is 11.9 Å². The molecule has 0 spiro atoms. The van der Waals surface area contributed by atoms with Crippen LogP contribution in [0.15, 0.2) is 0 Å². The molecule has 0 aromatic carbocycles. The highest BCUT2D eigenvalue weighted by molar-refractivity contribution is 7.81. The van der Waals surface area contributed by atoms with Crippen molar-refractivity contribution in [1.82, 2.24) is 6.15 Å². The summed E-state index contributed by atoms with van der Waals surface area (Å²) in [5, 5.41) is 0. The Labute approximate surface area is 98.4 Å². The summed E-state index contributed by atoms with van der Waals surface area (Å²) in [6.45, 7) is 5.95. The Bertz CT molecular complexity index is 256. The molecule has 0 aliphatic carbocycles. The Morgan fingerprint density at radius 3 is 2.31 bits per heavy atom. The standard InChI is InChI=1S/C9H21NO4S.H3N/c1-4-13-15(11,12)14-9(3)8(2)6-5-7-10;/h8-9H,4-7,10H2,1-3H3;1H3. The SMILES string of the molecule is CCOS(=O)(=O)OC(C)C(C)CCCN.N. The summed E-state index contributed by atoms with van der Waals surface area (Å²) < 4.78 is 31.6. The van der Waals surface area contributed by atoms with Crippen LogP contribution in [0.3, 0.4) is 0 Å². The lowest BCUT2D eigenvalue weighted by Crippen LogP contribution is -2.24. The molecule has 100 valence electrons. The number of rotatable bonds is 8. The molecule has 0 aromatic heterocycles. The van der Waals surface area contributed by atoms with E-state index in [1.54, 1.807) is 13.8 Å². The first-order valence-corrected chi connectivity index (χ1v) is 6.54. The van der Waals surface area contributed by atoms with Gasteiger partial charge in [-0.1, -0.05) is 6.92 Å². The van der Waals surface area contributed by atoms with Gasteiger partial charge in [0.05, 0.1) is 12.7 Å². The Balaban J connectivity index is 0. The molecule has 0 fully saturated rings. The zero-order valence-corrected chi connectivity index (χ0v) is 11.1. The molecular weight excluding hydrogens is 232 g/mol. The summed E-state index contributed by atoms with van der Waals surface area (Å²) in [6.07, 6.45) is 1.33. The predicted octanol–water partition coefficient (Wildman–Crippen LogP) is 1.21. The summed E-state index contributed by atoms with van der Waals surface area (Å²) in [6, 6.07) is 0. The van der Waals surface area contributed by atoms with E-state index in [4.69, 9.17) is 9.92 Å². The minimum atomic E-state index is -3.83. The van der Waals surface area contributed by atoms with Crippen molar-refractivity contribution < 1.29 is 16.8 Å². The van der Waals surface area contributed by atoms with Crippen LogP contribution in [0.4, 0.5) is 0 Å². The average Bonchev–Trinajstić information content (AvgIpc) is 2.13. The van der Waals surface area contributed by atoms with E-state index in [0.717, 1.165) is 12.8 Å². The van der Waals surface area contributed by atoms with Crippen LogP contribution >= 0.6 is 0 Å². The first-order chi connectivity index (χ1) is 6.93. The van der Waals surface area contributed by atoms with Crippen LogP contribution in [0.25, 0.3) is 0 Å². The quantitative estimate of drug-likeness (QED) is 0.674. The Hall–Kier alpha value is -0.210. The summed E-state index contributed by atoms with van der Waals surface area (Å²) in [5.74, 6) is 0.142. The zero-order valence-electron chi connectivity index (χ0n) is 10.3. The van der Waals surface area contributed by atoms with Crippen molar-refractivity contribution in [3.8, 4) is 0 Å². The van der Waals surface area contributed by atoms with Gasteiger partial charge in [-0.25, -0.2) is 8.37 Å². The van der Waals surface area contributed by atoms with E-state index in [1.165, 1.54) is 0 Å². The van der Waals surface area contributed by atoms with E-state index in [9.17, 15) is 8.42 Å². The van der Waals surface area contributed by atoms with Crippen molar-refractivity contribution in [3.63, 3.8) is 0 Å². The number of hydrogen-bond acceptors (Lipinski definition) is 6. The van der Waals surface area contributed by atoms with Crippen molar-refractivity contribution in [2.45, 2.75) is 39.7 Å². The third kappa shape index (κ3) is 8.00. The van der Waals surface area contributed by atoms with Gasteiger partial charge >= 0.3 is 10.4 Å². The second kappa shape index (κ2) is 8.89. The molecule has 6 nitrogen and oxygen atoms in total. The van der Waals surface area contributed by atoms with Crippen molar-refractivity contribution in [2.75, 3.05) is 13.2 Å². The van der Waals surface area contributed by atoms with Crippen LogP contribution in [0.2, 0.25) is 0 Å². The summed E-state index contributed by atoms with van der Waals surface area (Å²) in [5.41, 5.74) is 5.37. The molecule has 0 saturated carbocycles. The maximum Gasteiger partial charge on any atom is 0.400 e. The van der Waals surface area contributed by atoms with Crippen molar-refractivity contribution in [2.24, 2.45) is 11.7 Å². The molecule has 2 atom stereocenters. The van der Waals surface area contributed by atoms with Gasteiger partial charge in [-0.15, -0.1) is 0 Å². The molecule has 5 N–H and O–H groups in total. The minimum Gasteiger partial charge on any atom is -0.344 e. The number of nitrogens with two attached hydrogens (primary N) is 1. The molecule has 16 heavy (non-hydrogen) atoms. The minimum absolute atomic E-state index is 0. The third-order valence-electron chi connectivity index (χ3n) is 2.20. The Morgan fingerprint density at radius 1 is 1.31 bits per heavy atom. The Morgan fingerprint density at radius 2 is 1.88 bits per heavy atom. The van der Waals surface area contributed by atoms with Gasteiger partial charge in [-0.2, -0.15) is 8.42 Å². The number of hydrogen-bond donors (Lipinski definition) is 2. The lowest BCUT2D eigenvalue weighted by Gasteiger charge is -2.19. The summed E-state index contributed by atoms with van der Waals surface area (Å²) >= 11 is 0. The maximum atomic E-state index is 11.2. The van der Waals surface area contributed by atoms with Crippen LogP contribution in [-0.2, 0) is 18.8 Å².